The van der Waals surface area contributed by atoms with E-state index in [-0.39, 0.29) is 12.4 Å². The smallest absolute Gasteiger partial charge is 0.0673 e. The van der Waals surface area contributed by atoms with Crippen LogP contribution in [0.4, 0.5) is 0 Å². The Bertz CT molecular complexity index is 357. The fraction of sp³-hybridized carbons (Fsp3) is 0.250. The van der Waals surface area contributed by atoms with Gasteiger partial charge in [0.15, 0.2) is 0 Å². The number of aryl methyl sites for hydroxylation is 2. The van der Waals surface area contributed by atoms with E-state index in [1.54, 1.807) is 6.20 Å². The normalized spacial score (nSPS) is 9.69. The average molecular weight is 199 g/mol. The molecule has 70 valence electrons. The molecule has 13 heavy (non-hydrogen) atoms. The third-order valence-electron chi connectivity index (χ3n) is 1.92. The van der Waals surface area contributed by atoms with Crippen LogP contribution in [0.1, 0.15) is 11.4 Å². The molecular weight excluding hydrogens is 188 g/mol. The van der Waals surface area contributed by atoms with Gasteiger partial charge in [-0.05, 0) is 13.8 Å². The maximum Gasteiger partial charge on any atom is 0.0673 e. The van der Waals surface area contributed by atoms with Gasteiger partial charge in [-0.3, -0.25) is 10.2 Å². The number of nitrogens with zero attached hydrogens (tertiary/aromatic N) is 2. The number of rotatable bonds is 1. The number of nitrogens with one attached hydrogen (secondary N) is 2. The van der Waals surface area contributed by atoms with E-state index in [9.17, 15) is 0 Å². The summed E-state index contributed by atoms with van der Waals surface area (Å²) in [6.07, 6.45) is 3.66. The molecule has 0 aliphatic heterocycles. The van der Waals surface area contributed by atoms with Crippen LogP contribution in [-0.2, 0) is 0 Å². The quantitative estimate of drug-likeness (QED) is 0.735. The van der Waals surface area contributed by atoms with Crippen LogP contribution in [-0.4, -0.2) is 20.4 Å². The van der Waals surface area contributed by atoms with Crippen LogP contribution >= 0.6 is 12.4 Å². The van der Waals surface area contributed by atoms with Gasteiger partial charge in [-0.15, -0.1) is 12.4 Å². The Balaban J connectivity index is 0.000000845. The lowest BCUT2D eigenvalue weighted by Gasteiger charge is -1.93. The first-order chi connectivity index (χ1) is 5.79. The molecule has 0 saturated carbocycles. The summed E-state index contributed by atoms with van der Waals surface area (Å²) in [6.45, 7) is 3.98. The second kappa shape index (κ2) is 3.62. The summed E-state index contributed by atoms with van der Waals surface area (Å²) in [7, 11) is 0. The lowest BCUT2D eigenvalue weighted by molar-refractivity contribution is 1.02. The minimum atomic E-state index is 0. The van der Waals surface area contributed by atoms with Crippen molar-refractivity contribution >= 4 is 12.4 Å². The van der Waals surface area contributed by atoms with E-state index in [0.717, 1.165) is 22.5 Å². The maximum atomic E-state index is 4.11. The molecule has 0 aliphatic rings. The van der Waals surface area contributed by atoms with Gasteiger partial charge in [0.2, 0.25) is 0 Å². The molecule has 4 nitrogen and oxygen atoms in total. The highest BCUT2D eigenvalue weighted by molar-refractivity contribution is 5.85. The Kier molecular flexibility index (Phi) is 2.72. The van der Waals surface area contributed by atoms with Gasteiger partial charge < -0.3 is 0 Å². The van der Waals surface area contributed by atoms with E-state index in [2.05, 4.69) is 20.4 Å². The van der Waals surface area contributed by atoms with Crippen molar-refractivity contribution in [2.75, 3.05) is 0 Å². The lowest BCUT2D eigenvalue weighted by Crippen LogP contribution is -1.77. The molecule has 0 radical (unpaired) electrons. The van der Waals surface area contributed by atoms with E-state index in [1.165, 1.54) is 0 Å². The van der Waals surface area contributed by atoms with Gasteiger partial charge in [0.1, 0.15) is 0 Å². The van der Waals surface area contributed by atoms with Crippen molar-refractivity contribution in [2.45, 2.75) is 13.8 Å². The number of hydrogen-bond acceptors (Lipinski definition) is 2. The second-order valence-corrected chi connectivity index (χ2v) is 2.80. The SMILES string of the molecule is Cc1n[nH]c(C)c1-c1cn[nH]c1.Cl. The number of H-pyrrole nitrogens is 2. The Morgan fingerprint density at radius 2 is 2.08 bits per heavy atom. The molecule has 2 heterocycles. The first-order valence-corrected chi connectivity index (χ1v) is 3.80. The number of aromatic nitrogens is 4. The van der Waals surface area contributed by atoms with Crippen molar-refractivity contribution in [3.05, 3.63) is 23.8 Å². The molecule has 2 aromatic heterocycles. The van der Waals surface area contributed by atoms with Crippen LogP contribution in [0.5, 0.6) is 0 Å². The lowest BCUT2D eigenvalue weighted by atomic mass is 10.1. The second-order valence-electron chi connectivity index (χ2n) is 2.80. The van der Waals surface area contributed by atoms with Crippen LogP contribution in [0.15, 0.2) is 12.4 Å². The molecule has 0 fully saturated rings. The fourth-order valence-electron chi connectivity index (χ4n) is 1.36. The number of hydrogen-bond donors (Lipinski definition) is 2. The van der Waals surface area contributed by atoms with Gasteiger partial charge in [-0.25, -0.2) is 0 Å². The Morgan fingerprint density at radius 1 is 1.31 bits per heavy atom. The summed E-state index contributed by atoms with van der Waals surface area (Å²) in [5, 5.41) is 13.7. The number of halogens is 1. The molecular formula is C8H11ClN4. The molecule has 2 aromatic rings. The third-order valence-corrected chi connectivity index (χ3v) is 1.92. The summed E-state index contributed by atoms with van der Waals surface area (Å²) in [4.78, 5) is 0. The molecule has 0 aromatic carbocycles. The largest absolute Gasteiger partial charge is 0.285 e. The molecule has 0 bridgehead atoms. The van der Waals surface area contributed by atoms with Crippen LogP contribution in [0.2, 0.25) is 0 Å². The molecule has 0 atom stereocenters. The first-order valence-electron chi connectivity index (χ1n) is 3.80. The summed E-state index contributed by atoms with van der Waals surface area (Å²) in [5.74, 6) is 0. The van der Waals surface area contributed by atoms with Gasteiger partial charge in [-0.2, -0.15) is 10.2 Å². The fourth-order valence-corrected chi connectivity index (χ4v) is 1.36. The monoisotopic (exact) mass is 198 g/mol. The molecule has 0 saturated heterocycles. The molecule has 0 unspecified atom stereocenters. The Morgan fingerprint density at radius 3 is 2.54 bits per heavy atom. The zero-order chi connectivity index (χ0) is 8.55. The average Bonchev–Trinajstić information content (AvgIpc) is 2.61. The standard InChI is InChI=1S/C8H10N4.ClH/c1-5-8(6(2)12-11-5)7-3-9-10-4-7;/h3-4H,1-2H3,(H,9,10)(H,11,12);1H. The molecule has 5 heteroatoms. The van der Waals surface area contributed by atoms with Crippen molar-refractivity contribution in [2.24, 2.45) is 0 Å². The third kappa shape index (κ3) is 1.58. The van der Waals surface area contributed by atoms with Crippen molar-refractivity contribution in [3.63, 3.8) is 0 Å². The van der Waals surface area contributed by atoms with E-state index < -0.39 is 0 Å². The summed E-state index contributed by atoms with van der Waals surface area (Å²) < 4.78 is 0. The summed E-state index contributed by atoms with van der Waals surface area (Å²) in [5.41, 5.74) is 4.31. The summed E-state index contributed by atoms with van der Waals surface area (Å²) >= 11 is 0. The van der Waals surface area contributed by atoms with Crippen LogP contribution < -0.4 is 0 Å². The number of aromatic amines is 2. The van der Waals surface area contributed by atoms with Crippen molar-refractivity contribution in [3.8, 4) is 11.1 Å². The van der Waals surface area contributed by atoms with Crippen LogP contribution in [0, 0.1) is 13.8 Å². The van der Waals surface area contributed by atoms with Gasteiger partial charge in [-0.1, -0.05) is 0 Å². The Labute approximate surface area is 82.2 Å². The van der Waals surface area contributed by atoms with Gasteiger partial charge in [0, 0.05) is 23.0 Å². The first kappa shape index (κ1) is 9.80. The highest BCUT2D eigenvalue weighted by Gasteiger charge is 2.08. The van der Waals surface area contributed by atoms with E-state index >= 15 is 0 Å². The topological polar surface area (TPSA) is 57.4 Å². The highest BCUT2D eigenvalue weighted by atomic mass is 35.5. The van der Waals surface area contributed by atoms with Gasteiger partial charge >= 0.3 is 0 Å². The molecule has 0 spiro atoms. The molecule has 0 aliphatic carbocycles. The minimum Gasteiger partial charge on any atom is -0.285 e. The molecule has 0 amide bonds. The van der Waals surface area contributed by atoms with E-state index in [1.807, 2.05) is 20.0 Å². The van der Waals surface area contributed by atoms with Crippen molar-refractivity contribution in [1.29, 1.82) is 0 Å². The predicted molar refractivity (Wildman–Crippen MR) is 52.9 cm³/mol. The Hall–Kier alpha value is -1.29. The minimum absolute atomic E-state index is 0. The van der Waals surface area contributed by atoms with Crippen molar-refractivity contribution in [1.82, 2.24) is 20.4 Å². The maximum absolute atomic E-state index is 4.11. The van der Waals surface area contributed by atoms with Gasteiger partial charge in [0.05, 0.1) is 11.9 Å². The van der Waals surface area contributed by atoms with Gasteiger partial charge in [0.25, 0.3) is 0 Å². The zero-order valence-corrected chi connectivity index (χ0v) is 8.27. The van der Waals surface area contributed by atoms with Crippen LogP contribution in [0.25, 0.3) is 11.1 Å². The predicted octanol–water partition coefficient (Wildman–Crippen LogP) is 1.84. The van der Waals surface area contributed by atoms with E-state index in [0.29, 0.717) is 0 Å². The van der Waals surface area contributed by atoms with Crippen LogP contribution in [0.3, 0.4) is 0 Å². The van der Waals surface area contributed by atoms with E-state index in [4.69, 9.17) is 0 Å². The highest BCUT2D eigenvalue weighted by Crippen LogP contribution is 2.23. The zero-order valence-electron chi connectivity index (χ0n) is 7.46. The molecule has 2 rings (SSSR count). The van der Waals surface area contributed by atoms with Crippen molar-refractivity contribution < 1.29 is 0 Å². The molecule has 2 N–H and O–H groups in total. The summed E-state index contributed by atoms with van der Waals surface area (Å²) in [6, 6.07) is 0.